The second-order valence-electron chi connectivity index (χ2n) is 18.7. The minimum Gasteiger partial charge on any atom is -0.370 e. The molecule has 0 aromatic heterocycles. The Morgan fingerprint density at radius 3 is 1.12 bits per heavy atom. The minimum absolute atomic E-state index is 0.0355. The molecule has 13 nitrogen and oxygen atoms in total. The summed E-state index contributed by atoms with van der Waals surface area (Å²) >= 11 is 0. The second-order valence-corrected chi connectivity index (χ2v) is 18.7. The summed E-state index contributed by atoms with van der Waals surface area (Å²) in [6.07, 6.45) is 41.3. The van der Waals surface area contributed by atoms with Crippen molar-refractivity contribution in [1.29, 1.82) is 0 Å². The number of primary amides is 1. The third kappa shape index (κ3) is 44.2. The number of nitrogens with zero attached hydrogens (tertiary/aromatic N) is 2. The molecule has 0 fully saturated rings. The summed E-state index contributed by atoms with van der Waals surface area (Å²) in [6, 6.07) is -0.890. The summed E-state index contributed by atoms with van der Waals surface area (Å²) in [5.41, 5.74) is 16.2. The van der Waals surface area contributed by atoms with Crippen LogP contribution in [-0.4, -0.2) is 79.2 Å². The lowest BCUT2D eigenvalue weighted by Crippen LogP contribution is -2.45. The number of amides is 5. The van der Waals surface area contributed by atoms with Crippen LogP contribution in [0.25, 0.3) is 0 Å². The highest BCUT2D eigenvalue weighted by Crippen LogP contribution is 2.15. The van der Waals surface area contributed by atoms with Gasteiger partial charge in [-0.25, -0.2) is 0 Å². The van der Waals surface area contributed by atoms with Crippen molar-refractivity contribution < 1.29 is 24.0 Å². The summed E-state index contributed by atoms with van der Waals surface area (Å²) < 4.78 is 0. The van der Waals surface area contributed by atoms with Gasteiger partial charge in [-0.05, 0) is 38.5 Å². The molecule has 0 bridgehead atoms. The summed E-state index contributed by atoms with van der Waals surface area (Å²) in [6.45, 7) is 6.58. The summed E-state index contributed by atoms with van der Waals surface area (Å²) in [7, 11) is 0. The number of guanidine groups is 1. The average molecular weight is 919 g/mol. The van der Waals surface area contributed by atoms with Crippen molar-refractivity contribution in [2.45, 2.75) is 264 Å². The zero-order valence-corrected chi connectivity index (χ0v) is 42.2. The molecular weight excluding hydrogens is 817 g/mol. The highest BCUT2D eigenvalue weighted by molar-refractivity contribution is 5.88. The monoisotopic (exact) mass is 919 g/mol. The molecule has 0 aliphatic rings. The zero-order chi connectivity index (χ0) is 47.9. The molecule has 0 aliphatic heterocycles. The van der Waals surface area contributed by atoms with E-state index in [0.29, 0.717) is 64.8 Å². The number of carbonyl (C=O) groups is 5. The van der Waals surface area contributed by atoms with Gasteiger partial charge in [0, 0.05) is 58.4 Å². The van der Waals surface area contributed by atoms with Crippen molar-refractivity contribution in [1.82, 2.24) is 20.9 Å². The Labute approximate surface area is 397 Å². The van der Waals surface area contributed by atoms with Gasteiger partial charge in [-0.1, -0.05) is 194 Å². The molecule has 0 radical (unpaired) electrons. The molecule has 13 heteroatoms. The van der Waals surface area contributed by atoms with Gasteiger partial charge in [-0.3, -0.25) is 29.0 Å². The molecule has 0 saturated carbocycles. The number of carbonyl (C=O) groups excluding carboxylic acids is 5. The third-order valence-corrected chi connectivity index (χ3v) is 12.4. The normalized spacial score (nSPS) is 11.5. The van der Waals surface area contributed by atoms with Gasteiger partial charge in [-0.2, -0.15) is 0 Å². The molecule has 0 saturated heterocycles. The summed E-state index contributed by atoms with van der Waals surface area (Å²) in [5, 5.41) is 8.65. The van der Waals surface area contributed by atoms with E-state index in [2.05, 4.69) is 34.8 Å². The van der Waals surface area contributed by atoms with Gasteiger partial charge >= 0.3 is 0 Å². The van der Waals surface area contributed by atoms with E-state index < -0.39 is 17.9 Å². The van der Waals surface area contributed by atoms with E-state index in [1.807, 2.05) is 0 Å². The standard InChI is InChI=1S/C52H102N8O5/c1-3-5-7-9-11-13-15-17-19-21-23-25-27-29-31-37-47(61)56-42-34-44-60(50(64)40-39-49(63)59-46(51(53)65)36-33-41-58-52(54)55)45-35-43-57-48(62)38-32-30-28-26-24-22-20-18-16-14-12-10-8-6-4-2/h46H,3-45H2,1-2H3,(H2,53,65)(H,56,61)(H,57,62)(H,59,63)(H4,54,55,58)/t46-/m0/s1. The van der Waals surface area contributed by atoms with Crippen LogP contribution in [-0.2, 0) is 24.0 Å². The number of nitrogens with one attached hydrogen (secondary N) is 3. The molecule has 0 spiro atoms. The first-order chi connectivity index (χ1) is 31.6. The Hall–Kier alpha value is -3.38. The number of aliphatic imine (C=N–C) groups is 1. The molecule has 9 N–H and O–H groups in total. The molecular formula is C52H102N8O5. The molecule has 1 atom stereocenters. The van der Waals surface area contributed by atoms with E-state index in [0.717, 1.165) is 25.7 Å². The van der Waals surface area contributed by atoms with Crippen molar-refractivity contribution in [2.24, 2.45) is 22.2 Å². The highest BCUT2D eigenvalue weighted by atomic mass is 16.2. The maximum Gasteiger partial charge on any atom is 0.240 e. The summed E-state index contributed by atoms with van der Waals surface area (Å²) in [4.78, 5) is 68.8. The zero-order valence-electron chi connectivity index (χ0n) is 42.2. The van der Waals surface area contributed by atoms with Crippen LogP contribution in [0.2, 0.25) is 0 Å². The van der Waals surface area contributed by atoms with Crippen LogP contribution in [0.4, 0.5) is 0 Å². The Bertz CT molecular complexity index is 1140. The highest BCUT2D eigenvalue weighted by Gasteiger charge is 2.20. The van der Waals surface area contributed by atoms with E-state index in [4.69, 9.17) is 17.2 Å². The lowest BCUT2D eigenvalue weighted by atomic mass is 10.0. The Balaban J connectivity index is 4.52. The smallest absolute Gasteiger partial charge is 0.240 e. The third-order valence-electron chi connectivity index (χ3n) is 12.4. The number of nitrogens with two attached hydrogens (primary N) is 3. The minimum atomic E-state index is -0.890. The number of hydrogen-bond acceptors (Lipinski definition) is 6. The maximum absolute atomic E-state index is 13.4. The fourth-order valence-corrected chi connectivity index (χ4v) is 8.28. The van der Waals surface area contributed by atoms with Gasteiger partial charge in [0.1, 0.15) is 6.04 Å². The molecule has 0 heterocycles. The lowest BCUT2D eigenvalue weighted by Gasteiger charge is -2.23. The van der Waals surface area contributed by atoms with Crippen LogP contribution in [0.5, 0.6) is 0 Å². The molecule has 5 amide bonds. The second kappa shape index (κ2) is 47.1. The Morgan fingerprint density at radius 2 is 0.785 bits per heavy atom. The van der Waals surface area contributed by atoms with Crippen molar-refractivity contribution >= 4 is 35.5 Å². The van der Waals surface area contributed by atoms with Gasteiger partial charge in [0.25, 0.3) is 0 Å². The van der Waals surface area contributed by atoms with Crippen molar-refractivity contribution in [3.8, 4) is 0 Å². The SMILES string of the molecule is CCCCCCCCCCCCCCCCCC(=O)NCCCN(CCCNC(=O)CCCCCCCCCCCCCCCCC)C(=O)CCC(=O)N[C@@H](CCCN=C(N)N)C(N)=O. The molecule has 0 aromatic carbocycles. The van der Waals surface area contributed by atoms with Gasteiger partial charge in [0.05, 0.1) is 0 Å². The number of hydrogen-bond donors (Lipinski definition) is 6. The van der Waals surface area contributed by atoms with Crippen LogP contribution >= 0.6 is 0 Å². The number of unbranched alkanes of at least 4 members (excludes halogenated alkanes) is 28. The molecule has 0 rings (SSSR count). The fraction of sp³-hybridized carbons (Fsp3) is 0.885. The summed E-state index contributed by atoms with van der Waals surface area (Å²) in [5.74, 6) is -1.29. The predicted octanol–water partition coefficient (Wildman–Crippen LogP) is 10.2. The number of rotatable bonds is 49. The van der Waals surface area contributed by atoms with Gasteiger partial charge in [0.2, 0.25) is 29.5 Å². The molecule has 0 aliphatic carbocycles. The lowest BCUT2D eigenvalue weighted by molar-refractivity contribution is -0.134. The van der Waals surface area contributed by atoms with E-state index in [1.165, 1.54) is 167 Å². The first kappa shape index (κ1) is 61.6. The first-order valence-electron chi connectivity index (χ1n) is 27.1. The Morgan fingerprint density at radius 1 is 0.431 bits per heavy atom. The topological polar surface area (TPSA) is 215 Å². The van der Waals surface area contributed by atoms with Crippen LogP contribution in [0, 0.1) is 0 Å². The maximum atomic E-state index is 13.4. The molecule has 0 aromatic rings. The van der Waals surface area contributed by atoms with Crippen LogP contribution < -0.4 is 33.2 Å². The van der Waals surface area contributed by atoms with Gasteiger partial charge in [0.15, 0.2) is 5.96 Å². The van der Waals surface area contributed by atoms with E-state index in [9.17, 15) is 24.0 Å². The van der Waals surface area contributed by atoms with E-state index >= 15 is 0 Å². The largest absolute Gasteiger partial charge is 0.370 e. The van der Waals surface area contributed by atoms with Crippen LogP contribution in [0.15, 0.2) is 4.99 Å². The van der Waals surface area contributed by atoms with Crippen molar-refractivity contribution in [3.63, 3.8) is 0 Å². The van der Waals surface area contributed by atoms with E-state index in [-0.39, 0.29) is 42.9 Å². The van der Waals surface area contributed by atoms with Crippen LogP contribution in [0.3, 0.4) is 0 Å². The fourth-order valence-electron chi connectivity index (χ4n) is 8.28. The molecule has 0 unspecified atom stereocenters. The first-order valence-corrected chi connectivity index (χ1v) is 27.1. The van der Waals surface area contributed by atoms with Crippen molar-refractivity contribution in [3.05, 3.63) is 0 Å². The average Bonchev–Trinajstić information content (AvgIpc) is 3.28. The van der Waals surface area contributed by atoms with E-state index in [1.54, 1.807) is 4.90 Å². The molecule has 65 heavy (non-hydrogen) atoms. The predicted molar refractivity (Wildman–Crippen MR) is 271 cm³/mol. The van der Waals surface area contributed by atoms with Gasteiger partial charge in [-0.15, -0.1) is 0 Å². The quantitative estimate of drug-likeness (QED) is 0.0197. The van der Waals surface area contributed by atoms with Crippen molar-refractivity contribution in [2.75, 3.05) is 32.7 Å². The molecule has 380 valence electrons. The van der Waals surface area contributed by atoms with Gasteiger partial charge < -0.3 is 38.1 Å². The van der Waals surface area contributed by atoms with Crippen LogP contribution in [0.1, 0.15) is 258 Å². The Kier molecular flexibility index (Phi) is 44.7.